The van der Waals surface area contributed by atoms with Gasteiger partial charge in [0.05, 0.1) is 0 Å². The summed E-state index contributed by atoms with van der Waals surface area (Å²) in [6.45, 7) is 9.48. The molecule has 0 radical (unpaired) electrons. The molecule has 6 heteroatoms. The molecule has 0 aromatic heterocycles. The molecule has 2 aliphatic rings. The Bertz CT molecular complexity index is 607. The number of halogens is 2. The summed E-state index contributed by atoms with van der Waals surface area (Å²) in [6.07, 6.45) is 3.70. The zero-order chi connectivity index (χ0) is 17.1. The highest BCUT2D eigenvalue weighted by atomic mass is 127. The number of guanidine groups is 1. The molecular formula is C19H30ClIN4. The minimum absolute atomic E-state index is 0. The predicted octanol–water partition coefficient (Wildman–Crippen LogP) is 4.14. The van der Waals surface area contributed by atoms with E-state index in [-0.39, 0.29) is 24.0 Å². The van der Waals surface area contributed by atoms with Crippen LogP contribution in [-0.4, -0.2) is 43.6 Å². The van der Waals surface area contributed by atoms with Crippen molar-refractivity contribution >= 4 is 47.2 Å². The zero-order valence-electron chi connectivity index (χ0n) is 15.2. The number of nitrogens with zero attached hydrogens (tertiary/aromatic N) is 3. The van der Waals surface area contributed by atoms with E-state index in [2.05, 4.69) is 35.8 Å². The van der Waals surface area contributed by atoms with Crippen LogP contribution in [0, 0.1) is 18.8 Å². The van der Waals surface area contributed by atoms with Crippen molar-refractivity contribution in [2.45, 2.75) is 33.1 Å². The van der Waals surface area contributed by atoms with Gasteiger partial charge in [-0.15, -0.1) is 24.0 Å². The average Bonchev–Trinajstić information content (AvgIpc) is 3.03. The normalized spacial score (nSPS) is 24.4. The summed E-state index contributed by atoms with van der Waals surface area (Å²) in [6, 6.07) is 6.13. The van der Waals surface area contributed by atoms with Gasteiger partial charge in [-0.1, -0.05) is 24.6 Å². The van der Waals surface area contributed by atoms with E-state index < -0.39 is 0 Å². The molecule has 2 saturated heterocycles. The SMILES string of the molecule is Cc1ccc(Cl)cc1N1CCC(CN=C(N)N2CCCC(C)C2)C1.I. The maximum Gasteiger partial charge on any atom is 0.191 e. The van der Waals surface area contributed by atoms with Gasteiger partial charge in [0.15, 0.2) is 5.96 Å². The molecular weight excluding hydrogens is 447 g/mol. The number of likely N-dealkylation sites (tertiary alicyclic amines) is 1. The van der Waals surface area contributed by atoms with E-state index in [9.17, 15) is 0 Å². The van der Waals surface area contributed by atoms with Gasteiger partial charge in [-0.3, -0.25) is 4.99 Å². The molecule has 2 fully saturated rings. The second-order valence-corrected chi connectivity index (χ2v) is 7.86. The van der Waals surface area contributed by atoms with Gasteiger partial charge in [-0.05, 0) is 55.7 Å². The van der Waals surface area contributed by atoms with Gasteiger partial charge in [-0.2, -0.15) is 0 Å². The highest BCUT2D eigenvalue weighted by Crippen LogP contribution is 2.29. The Kier molecular flexibility index (Phi) is 7.68. The van der Waals surface area contributed by atoms with Crippen molar-refractivity contribution in [3.8, 4) is 0 Å². The zero-order valence-corrected chi connectivity index (χ0v) is 18.3. The molecule has 1 aromatic carbocycles. The van der Waals surface area contributed by atoms with Gasteiger partial charge in [0.2, 0.25) is 0 Å². The molecule has 4 nitrogen and oxygen atoms in total. The number of piperidine rings is 1. The molecule has 2 unspecified atom stereocenters. The van der Waals surface area contributed by atoms with Crippen molar-refractivity contribution in [1.82, 2.24) is 4.90 Å². The number of anilines is 1. The van der Waals surface area contributed by atoms with Crippen molar-refractivity contribution < 1.29 is 0 Å². The highest BCUT2D eigenvalue weighted by Gasteiger charge is 2.24. The first-order valence-corrected chi connectivity index (χ1v) is 9.46. The topological polar surface area (TPSA) is 44.9 Å². The lowest BCUT2D eigenvalue weighted by Crippen LogP contribution is -2.43. The minimum atomic E-state index is 0. The second-order valence-electron chi connectivity index (χ2n) is 7.42. The lowest BCUT2D eigenvalue weighted by atomic mass is 10.0. The first kappa shape index (κ1) is 20.6. The molecule has 2 atom stereocenters. The van der Waals surface area contributed by atoms with Crippen LogP contribution >= 0.6 is 35.6 Å². The van der Waals surface area contributed by atoms with Crippen LogP contribution < -0.4 is 10.6 Å². The van der Waals surface area contributed by atoms with Crippen LogP contribution in [0.25, 0.3) is 0 Å². The van der Waals surface area contributed by atoms with Gasteiger partial charge in [0, 0.05) is 43.4 Å². The van der Waals surface area contributed by atoms with Gasteiger partial charge < -0.3 is 15.5 Å². The fourth-order valence-electron chi connectivity index (χ4n) is 3.84. The Balaban J connectivity index is 0.00000225. The number of rotatable bonds is 3. The summed E-state index contributed by atoms with van der Waals surface area (Å²) < 4.78 is 0. The number of hydrogen-bond acceptors (Lipinski definition) is 2. The maximum absolute atomic E-state index is 6.22. The standard InChI is InChI=1S/C19H29ClN4.HI/c1-14-4-3-8-24(12-14)19(21)22-11-16-7-9-23(13-16)18-10-17(20)6-5-15(18)2;/h5-6,10,14,16H,3-4,7-9,11-13H2,1-2H3,(H2,21,22);1H. The number of nitrogens with two attached hydrogens (primary N) is 1. The molecule has 1 aromatic rings. The quantitative estimate of drug-likeness (QED) is 0.405. The molecule has 0 spiro atoms. The monoisotopic (exact) mass is 476 g/mol. The fourth-order valence-corrected chi connectivity index (χ4v) is 4.01. The number of hydrogen-bond donors (Lipinski definition) is 1. The number of benzene rings is 1. The molecule has 0 amide bonds. The largest absolute Gasteiger partial charge is 0.371 e. The fraction of sp³-hybridized carbons (Fsp3) is 0.632. The smallest absolute Gasteiger partial charge is 0.191 e. The predicted molar refractivity (Wildman–Crippen MR) is 118 cm³/mol. The number of aryl methyl sites for hydroxylation is 1. The van der Waals surface area contributed by atoms with E-state index in [4.69, 9.17) is 22.3 Å². The van der Waals surface area contributed by atoms with Crippen LogP contribution in [-0.2, 0) is 0 Å². The summed E-state index contributed by atoms with van der Waals surface area (Å²) in [5.74, 6) is 2.03. The Labute approximate surface area is 173 Å². The summed E-state index contributed by atoms with van der Waals surface area (Å²) in [4.78, 5) is 9.38. The summed E-state index contributed by atoms with van der Waals surface area (Å²) in [5, 5.41) is 0.806. The van der Waals surface area contributed by atoms with Crippen LogP contribution in [0.3, 0.4) is 0 Å². The molecule has 2 aliphatic heterocycles. The average molecular weight is 477 g/mol. The molecule has 25 heavy (non-hydrogen) atoms. The summed E-state index contributed by atoms with van der Waals surface area (Å²) >= 11 is 6.16. The lowest BCUT2D eigenvalue weighted by Gasteiger charge is -2.31. The molecule has 140 valence electrons. The van der Waals surface area contributed by atoms with Gasteiger partial charge in [0.1, 0.15) is 0 Å². The summed E-state index contributed by atoms with van der Waals surface area (Å²) in [5.41, 5.74) is 8.76. The second kappa shape index (κ2) is 9.31. The molecule has 0 saturated carbocycles. The van der Waals surface area contributed by atoms with Crippen molar-refractivity contribution in [3.63, 3.8) is 0 Å². The van der Waals surface area contributed by atoms with Crippen LogP contribution in [0.2, 0.25) is 5.02 Å². The van der Waals surface area contributed by atoms with Crippen LogP contribution in [0.15, 0.2) is 23.2 Å². The third kappa shape index (κ3) is 5.39. The van der Waals surface area contributed by atoms with Crippen molar-refractivity contribution in [2.75, 3.05) is 37.6 Å². The molecule has 2 N–H and O–H groups in total. The van der Waals surface area contributed by atoms with Crippen molar-refractivity contribution in [3.05, 3.63) is 28.8 Å². The van der Waals surface area contributed by atoms with E-state index in [1.165, 1.54) is 30.5 Å². The lowest BCUT2D eigenvalue weighted by molar-refractivity contribution is 0.270. The minimum Gasteiger partial charge on any atom is -0.371 e. The summed E-state index contributed by atoms with van der Waals surface area (Å²) in [7, 11) is 0. The third-order valence-electron chi connectivity index (χ3n) is 5.29. The molecule has 0 aliphatic carbocycles. The van der Waals surface area contributed by atoms with Gasteiger partial charge in [0.25, 0.3) is 0 Å². The van der Waals surface area contributed by atoms with Crippen LogP contribution in [0.1, 0.15) is 31.7 Å². The van der Waals surface area contributed by atoms with E-state index in [1.807, 2.05) is 6.07 Å². The number of aliphatic imine (C=N–C) groups is 1. The Hall–Kier alpha value is -0.690. The highest BCUT2D eigenvalue weighted by molar-refractivity contribution is 14.0. The third-order valence-corrected chi connectivity index (χ3v) is 5.53. The van der Waals surface area contributed by atoms with Crippen molar-refractivity contribution in [2.24, 2.45) is 22.6 Å². The first-order chi connectivity index (χ1) is 11.5. The van der Waals surface area contributed by atoms with E-state index in [0.717, 1.165) is 49.6 Å². The Morgan fingerprint density at radius 3 is 2.84 bits per heavy atom. The molecule has 2 heterocycles. The van der Waals surface area contributed by atoms with Crippen LogP contribution in [0.5, 0.6) is 0 Å². The van der Waals surface area contributed by atoms with Gasteiger partial charge >= 0.3 is 0 Å². The van der Waals surface area contributed by atoms with Gasteiger partial charge in [-0.25, -0.2) is 0 Å². The van der Waals surface area contributed by atoms with E-state index in [1.54, 1.807) is 0 Å². The first-order valence-electron chi connectivity index (χ1n) is 9.09. The van der Waals surface area contributed by atoms with Crippen molar-refractivity contribution in [1.29, 1.82) is 0 Å². The Morgan fingerprint density at radius 2 is 2.08 bits per heavy atom. The molecule has 3 rings (SSSR count). The molecule has 0 bridgehead atoms. The van der Waals surface area contributed by atoms with E-state index in [0.29, 0.717) is 5.92 Å². The Morgan fingerprint density at radius 1 is 1.28 bits per heavy atom. The maximum atomic E-state index is 6.22. The van der Waals surface area contributed by atoms with E-state index >= 15 is 0 Å². The van der Waals surface area contributed by atoms with Crippen LogP contribution in [0.4, 0.5) is 5.69 Å².